The van der Waals surface area contributed by atoms with Crippen molar-refractivity contribution in [1.82, 2.24) is 4.90 Å². The molecule has 2 N–H and O–H groups in total. The SMILES string of the molecule is C1COCC[NH2+]1.O=C([O-])C(F)(F)C(F)(F)C(=O)N1CCOCC1. The number of ether oxygens (including phenoxy) is 2. The van der Waals surface area contributed by atoms with E-state index in [1.165, 1.54) is 0 Å². The standard InChI is InChI=1S/C8H9F4NO4.C4H9NO/c9-7(10,8(11,12)6(15)16)5(14)13-1-3-17-4-2-13;1-3-6-4-2-5-1/h1-4H2,(H,15,16);5H,1-4H2. The van der Waals surface area contributed by atoms with E-state index in [-0.39, 0.29) is 26.3 Å². The summed E-state index contributed by atoms with van der Waals surface area (Å²) in [6.45, 7) is 3.46. The zero-order valence-electron chi connectivity index (χ0n) is 12.2. The smallest absolute Gasteiger partial charge is 0.392 e. The Kier molecular flexibility index (Phi) is 7.16. The lowest BCUT2D eigenvalue weighted by atomic mass is 10.1. The summed E-state index contributed by atoms with van der Waals surface area (Å²) in [6, 6.07) is 0. The molecule has 0 aromatic heterocycles. The minimum Gasteiger partial charge on any atom is -0.544 e. The van der Waals surface area contributed by atoms with E-state index in [1.54, 1.807) is 0 Å². The van der Waals surface area contributed by atoms with Crippen LogP contribution < -0.4 is 10.4 Å². The monoisotopic (exact) mass is 346 g/mol. The fraction of sp³-hybridized carbons (Fsp3) is 0.833. The summed E-state index contributed by atoms with van der Waals surface area (Å²) in [7, 11) is 0. The number of nitrogens with zero attached hydrogens (tertiary/aromatic N) is 1. The minimum absolute atomic E-state index is 0.0707. The van der Waals surface area contributed by atoms with E-state index in [9.17, 15) is 32.3 Å². The number of alkyl halides is 4. The largest absolute Gasteiger partial charge is 0.544 e. The van der Waals surface area contributed by atoms with E-state index in [0.717, 1.165) is 26.3 Å². The summed E-state index contributed by atoms with van der Waals surface area (Å²) >= 11 is 0. The highest BCUT2D eigenvalue weighted by molar-refractivity contribution is 5.91. The first-order valence-electron chi connectivity index (χ1n) is 6.95. The van der Waals surface area contributed by atoms with Crippen molar-refractivity contribution in [3.05, 3.63) is 0 Å². The number of carbonyl (C=O) groups excluding carboxylic acids is 2. The molecule has 2 aliphatic heterocycles. The number of nitrogens with two attached hydrogens (primary N) is 1. The van der Waals surface area contributed by atoms with Crippen LogP contribution in [-0.4, -0.2) is 81.2 Å². The Bertz CT molecular complexity index is 401. The molecule has 0 aromatic rings. The molecule has 0 spiro atoms. The van der Waals surface area contributed by atoms with Crippen molar-refractivity contribution in [3.8, 4) is 0 Å². The number of rotatable bonds is 3. The maximum atomic E-state index is 13.0. The van der Waals surface area contributed by atoms with Crippen molar-refractivity contribution in [2.45, 2.75) is 11.8 Å². The Morgan fingerprint density at radius 3 is 1.74 bits per heavy atom. The lowest BCUT2D eigenvalue weighted by Gasteiger charge is -2.33. The van der Waals surface area contributed by atoms with Gasteiger partial charge in [0.1, 0.15) is 5.97 Å². The molecule has 7 nitrogen and oxygen atoms in total. The molecule has 2 rings (SSSR count). The third kappa shape index (κ3) is 5.01. The molecule has 0 unspecified atom stereocenters. The molecule has 0 radical (unpaired) electrons. The molecule has 0 aromatic carbocycles. The van der Waals surface area contributed by atoms with Gasteiger partial charge < -0.3 is 29.6 Å². The minimum atomic E-state index is -5.54. The van der Waals surface area contributed by atoms with Crippen LogP contribution in [0, 0.1) is 0 Å². The van der Waals surface area contributed by atoms with Crippen LogP contribution in [0.4, 0.5) is 17.6 Å². The third-order valence-electron chi connectivity index (χ3n) is 3.15. The number of carboxylic acid groups (broad SMARTS) is 1. The molecule has 11 heteroatoms. The molecule has 2 heterocycles. The second-order valence-corrected chi connectivity index (χ2v) is 4.82. The van der Waals surface area contributed by atoms with E-state index in [2.05, 4.69) is 5.32 Å². The Balaban J connectivity index is 0.000000366. The first-order valence-corrected chi connectivity index (χ1v) is 6.95. The van der Waals surface area contributed by atoms with Crippen molar-refractivity contribution in [2.24, 2.45) is 0 Å². The van der Waals surface area contributed by atoms with Crippen molar-refractivity contribution >= 4 is 11.9 Å². The van der Waals surface area contributed by atoms with E-state index >= 15 is 0 Å². The number of aliphatic carboxylic acids is 1. The summed E-state index contributed by atoms with van der Waals surface area (Å²) in [5.74, 6) is -16.4. The highest BCUT2D eigenvalue weighted by atomic mass is 19.3. The molecule has 1 amide bonds. The van der Waals surface area contributed by atoms with Gasteiger partial charge in [-0.3, -0.25) is 4.79 Å². The van der Waals surface area contributed by atoms with E-state index in [1.807, 2.05) is 0 Å². The van der Waals surface area contributed by atoms with Crippen molar-refractivity contribution in [3.63, 3.8) is 0 Å². The summed E-state index contributed by atoms with van der Waals surface area (Å²) in [5, 5.41) is 12.2. The molecule has 0 aliphatic carbocycles. The van der Waals surface area contributed by atoms with E-state index in [4.69, 9.17) is 9.47 Å². The average Bonchev–Trinajstić information content (AvgIpc) is 2.56. The predicted molar refractivity (Wildman–Crippen MR) is 64.8 cm³/mol. The van der Waals surface area contributed by atoms with Crippen LogP contribution in [0.25, 0.3) is 0 Å². The van der Waals surface area contributed by atoms with Gasteiger partial charge in [-0.25, -0.2) is 0 Å². The number of hydrogen-bond donors (Lipinski definition) is 1. The zero-order valence-corrected chi connectivity index (χ0v) is 12.2. The molecule has 0 atom stereocenters. The van der Waals surface area contributed by atoms with Gasteiger partial charge in [-0.05, 0) is 0 Å². The summed E-state index contributed by atoms with van der Waals surface area (Å²) in [6.07, 6.45) is 0. The Morgan fingerprint density at radius 2 is 1.39 bits per heavy atom. The Morgan fingerprint density at radius 1 is 0.913 bits per heavy atom. The third-order valence-corrected chi connectivity index (χ3v) is 3.15. The number of carbonyl (C=O) groups is 2. The number of quaternary nitrogens is 1. The zero-order chi connectivity index (χ0) is 17.5. The van der Waals surface area contributed by atoms with Crippen LogP contribution in [-0.2, 0) is 19.1 Å². The van der Waals surface area contributed by atoms with Gasteiger partial charge in [0.25, 0.3) is 5.91 Å². The Labute approximate surface area is 129 Å². The van der Waals surface area contributed by atoms with E-state index in [0.29, 0.717) is 4.90 Å². The highest BCUT2D eigenvalue weighted by Crippen LogP contribution is 2.35. The van der Waals surface area contributed by atoms with Crippen LogP contribution in [0.2, 0.25) is 0 Å². The maximum absolute atomic E-state index is 13.0. The highest BCUT2D eigenvalue weighted by Gasteiger charge is 2.64. The van der Waals surface area contributed by atoms with E-state index < -0.39 is 23.7 Å². The second-order valence-electron chi connectivity index (χ2n) is 4.82. The van der Waals surface area contributed by atoms with Crippen LogP contribution >= 0.6 is 0 Å². The molecule has 0 bridgehead atoms. The molecule has 23 heavy (non-hydrogen) atoms. The maximum Gasteiger partial charge on any atom is 0.392 e. The second kappa shape index (κ2) is 8.41. The number of hydrogen-bond acceptors (Lipinski definition) is 5. The van der Waals surface area contributed by atoms with Gasteiger partial charge in [-0.15, -0.1) is 0 Å². The van der Waals surface area contributed by atoms with Crippen LogP contribution in [0.15, 0.2) is 0 Å². The van der Waals surface area contributed by atoms with Gasteiger partial charge >= 0.3 is 11.8 Å². The molecule has 2 aliphatic rings. The first-order chi connectivity index (χ1) is 10.7. The predicted octanol–water partition coefficient (Wildman–Crippen LogP) is -2.55. The molecule has 2 fully saturated rings. The van der Waals surface area contributed by atoms with Gasteiger partial charge in [0, 0.05) is 13.1 Å². The van der Waals surface area contributed by atoms with Gasteiger partial charge in [0.15, 0.2) is 0 Å². The topological polar surface area (TPSA) is 95.5 Å². The Hall–Kier alpha value is -1.46. The molecular formula is C12H18F4N2O5. The molecule has 2 saturated heterocycles. The number of morpholine rings is 2. The number of carboxylic acids is 1. The normalized spacial score (nSPS) is 19.6. The summed E-state index contributed by atoms with van der Waals surface area (Å²) in [4.78, 5) is 21.5. The molecular weight excluding hydrogens is 328 g/mol. The number of amides is 1. The lowest BCUT2D eigenvalue weighted by molar-refractivity contribution is -0.670. The quantitative estimate of drug-likeness (QED) is 0.568. The summed E-state index contributed by atoms with van der Waals surface area (Å²) < 4.78 is 61.1. The van der Waals surface area contributed by atoms with Crippen LogP contribution in [0.5, 0.6) is 0 Å². The number of halogens is 4. The van der Waals surface area contributed by atoms with Crippen molar-refractivity contribution in [2.75, 3.05) is 52.6 Å². The fourth-order valence-electron chi connectivity index (χ4n) is 1.81. The van der Waals surface area contributed by atoms with Crippen molar-refractivity contribution in [1.29, 1.82) is 0 Å². The first kappa shape index (κ1) is 19.6. The van der Waals surface area contributed by atoms with Crippen LogP contribution in [0.3, 0.4) is 0 Å². The van der Waals surface area contributed by atoms with Gasteiger partial charge in [-0.1, -0.05) is 0 Å². The molecule has 0 saturated carbocycles. The summed E-state index contributed by atoms with van der Waals surface area (Å²) in [5.41, 5.74) is 0. The van der Waals surface area contributed by atoms with Crippen LogP contribution in [0.1, 0.15) is 0 Å². The van der Waals surface area contributed by atoms with Gasteiger partial charge in [-0.2, -0.15) is 17.6 Å². The van der Waals surface area contributed by atoms with Crippen molar-refractivity contribution < 1.29 is 47.0 Å². The average molecular weight is 346 g/mol. The van der Waals surface area contributed by atoms with Gasteiger partial charge in [0.2, 0.25) is 0 Å². The molecule has 134 valence electrons. The van der Waals surface area contributed by atoms with Gasteiger partial charge in [0.05, 0.1) is 39.5 Å². The fourth-order valence-corrected chi connectivity index (χ4v) is 1.81. The lowest BCUT2D eigenvalue weighted by Crippen LogP contribution is -2.87.